The largest absolute Gasteiger partial charge is 0.351 e. The van der Waals surface area contributed by atoms with Crippen molar-refractivity contribution in [3.8, 4) is 0 Å². The Morgan fingerprint density at radius 2 is 1.95 bits per heavy atom. The fourth-order valence-corrected chi connectivity index (χ4v) is 1.81. The fourth-order valence-electron chi connectivity index (χ4n) is 1.81. The van der Waals surface area contributed by atoms with Crippen LogP contribution in [0.2, 0.25) is 0 Å². The number of aromatic nitrogens is 2. The van der Waals surface area contributed by atoms with Crippen LogP contribution in [0.1, 0.15) is 35.0 Å². The van der Waals surface area contributed by atoms with Gasteiger partial charge in [0.1, 0.15) is 11.5 Å². The van der Waals surface area contributed by atoms with Crippen LogP contribution in [0.3, 0.4) is 0 Å². The lowest BCUT2D eigenvalue weighted by molar-refractivity contribution is 0.0948. The Bertz CT molecular complexity index is 623. The molecule has 1 heterocycles. The lowest BCUT2D eigenvalue weighted by Gasteiger charge is -2.08. The monoisotopic (exact) mass is 284 g/mol. The molecule has 5 heteroatoms. The summed E-state index contributed by atoms with van der Waals surface area (Å²) >= 11 is 0. The first-order valence-electron chi connectivity index (χ1n) is 7.04. The molecule has 1 aromatic carbocycles. The molecule has 0 saturated heterocycles. The summed E-state index contributed by atoms with van der Waals surface area (Å²) in [6, 6.07) is 6.10. The Hall–Kier alpha value is -2.43. The highest BCUT2D eigenvalue weighted by atomic mass is 16.1. The second kappa shape index (κ2) is 6.83. The maximum Gasteiger partial charge on any atom is 0.271 e. The highest BCUT2D eigenvalue weighted by Crippen LogP contribution is 2.17. The van der Waals surface area contributed by atoms with E-state index in [0.717, 1.165) is 12.1 Å². The molecule has 0 aliphatic carbocycles. The van der Waals surface area contributed by atoms with E-state index >= 15 is 0 Å². The van der Waals surface area contributed by atoms with E-state index in [2.05, 4.69) is 46.6 Å². The predicted molar refractivity (Wildman–Crippen MR) is 83.9 cm³/mol. The second-order valence-electron chi connectivity index (χ2n) is 4.97. The van der Waals surface area contributed by atoms with Crippen LogP contribution in [0.5, 0.6) is 0 Å². The van der Waals surface area contributed by atoms with Gasteiger partial charge in [-0.15, -0.1) is 0 Å². The number of rotatable bonds is 5. The zero-order valence-electron chi connectivity index (χ0n) is 12.6. The number of hydrogen-bond acceptors (Lipinski definition) is 4. The van der Waals surface area contributed by atoms with E-state index in [1.165, 1.54) is 17.3 Å². The van der Waals surface area contributed by atoms with E-state index in [1.807, 2.05) is 13.0 Å². The lowest BCUT2D eigenvalue weighted by atomic mass is 10.1. The van der Waals surface area contributed by atoms with Gasteiger partial charge in [-0.2, -0.15) is 0 Å². The number of amides is 1. The predicted octanol–water partition coefficient (Wildman–Crippen LogP) is 2.98. The van der Waals surface area contributed by atoms with Gasteiger partial charge in [-0.3, -0.25) is 4.79 Å². The summed E-state index contributed by atoms with van der Waals surface area (Å²) in [5.41, 5.74) is 3.74. The number of carbonyl (C=O) groups is 1. The first-order chi connectivity index (χ1) is 10.1. The van der Waals surface area contributed by atoms with E-state index in [1.54, 1.807) is 6.20 Å². The van der Waals surface area contributed by atoms with Crippen molar-refractivity contribution in [2.24, 2.45) is 0 Å². The van der Waals surface area contributed by atoms with Crippen molar-refractivity contribution in [1.29, 1.82) is 0 Å². The van der Waals surface area contributed by atoms with Crippen LogP contribution < -0.4 is 10.6 Å². The molecule has 21 heavy (non-hydrogen) atoms. The first-order valence-corrected chi connectivity index (χ1v) is 7.04. The number of aryl methyl sites for hydroxylation is 2. The summed E-state index contributed by atoms with van der Waals surface area (Å²) in [7, 11) is 0. The number of carbonyl (C=O) groups excluding carboxylic acids is 1. The molecule has 2 N–H and O–H groups in total. The van der Waals surface area contributed by atoms with Crippen LogP contribution in [0, 0.1) is 13.8 Å². The van der Waals surface area contributed by atoms with Crippen molar-refractivity contribution in [3.05, 3.63) is 47.4 Å². The summed E-state index contributed by atoms with van der Waals surface area (Å²) in [6.07, 6.45) is 3.94. The van der Waals surface area contributed by atoms with Crippen LogP contribution in [-0.2, 0) is 0 Å². The van der Waals surface area contributed by atoms with E-state index in [4.69, 9.17) is 0 Å². The number of benzene rings is 1. The maximum atomic E-state index is 11.7. The molecule has 5 nitrogen and oxygen atoms in total. The van der Waals surface area contributed by atoms with Gasteiger partial charge in [-0.05, 0) is 43.5 Å². The summed E-state index contributed by atoms with van der Waals surface area (Å²) < 4.78 is 0. The Balaban J connectivity index is 2.05. The Morgan fingerprint density at radius 1 is 1.14 bits per heavy atom. The summed E-state index contributed by atoms with van der Waals surface area (Å²) in [5, 5.41) is 5.95. The van der Waals surface area contributed by atoms with Crippen molar-refractivity contribution >= 4 is 17.4 Å². The number of nitrogens with one attached hydrogen (secondary N) is 2. The first kappa shape index (κ1) is 15.0. The SMILES string of the molecule is CCCNC(=O)c1cnc(Nc2ccc(C)c(C)c2)cn1. The molecule has 0 radical (unpaired) electrons. The van der Waals surface area contributed by atoms with Gasteiger partial charge in [0.15, 0.2) is 0 Å². The normalized spacial score (nSPS) is 10.2. The number of anilines is 2. The molecule has 0 unspecified atom stereocenters. The molecule has 0 spiro atoms. The van der Waals surface area contributed by atoms with Gasteiger partial charge in [-0.1, -0.05) is 13.0 Å². The van der Waals surface area contributed by atoms with Gasteiger partial charge >= 0.3 is 0 Å². The molecule has 2 aromatic rings. The number of hydrogen-bond donors (Lipinski definition) is 2. The summed E-state index contributed by atoms with van der Waals surface area (Å²) in [4.78, 5) is 20.1. The Morgan fingerprint density at radius 3 is 2.57 bits per heavy atom. The van der Waals surface area contributed by atoms with Gasteiger partial charge < -0.3 is 10.6 Å². The van der Waals surface area contributed by atoms with Crippen molar-refractivity contribution < 1.29 is 4.79 Å². The minimum atomic E-state index is -0.193. The number of nitrogens with zero attached hydrogens (tertiary/aromatic N) is 2. The third kappa shape index (κ3) is 4.02. The zero-order chi connectivity index (χ0) is 15.2. The van der Waals surface area contributed by atoms with E-state index in [-0.39, 0.29) is 5.91 Å². The van der Waals surface area contributed by atoms with Crippen molar-refractivity contribution in [1.82, 2.24) is 15.3 Å². The molecule has 1 amide bonds. The van der Waals surface area contributed by atoms with E-state index < -0.39 is 0 Å². The Labute approximate surface area is 124 Å². The summed E-state index contributed by atoms with van der Waals surface area (Å²) in [6.45, 7) is 6.78. The molecule has 0 aliphatic heterocycles. The van der Waals surface area contributed by atoms with Crippen LogP contribution in [0.25, 0.3) is 0 Å². The van der Waals surface area contributed by atoms with Gasteiger partial charge in [0, 0.05) is 12.2 Å². The average molecular weight is 284 g/mol. The lowest BCUT2D eigenvalue weighted by Crippen LogP contribution is -2.25. The molecule has 0 atom stereocenters. The van der Waals surface area contributed by atoms with Gasteiger partial charge in [0.2, 0.25) is 0 Å². The molecule has 1 aromatic heterocycles. The molecule has 0 aliphatic rings. The average Bonchev–Trinajstić information content (AvgIpc) is 2.49. The third-order valence-electron chi connectivity index (χ3n) is 3.20. The molecule has 0 fully saturated rings. The molecular weight excluding hydrogens is 264 g/mol. The smallest absolute Gasteiger partial charge is 0.271 e. The van der Waals surface area contributed by atoms with Crippen LogP contribution in [0.4, 0.5) is 11.5 Å². The minimum absolute atomic E-state index is 0.193. The molecule has 0 saturated carbocycles. The second-order valence-corrected chi connectivity index (χ2v) is 4.97. The summed E-state index contributed by atoms with van der Waals surface area (Å²) in [5.74, 6) is 0.423. The van der Waals surface area contributed by atoms with Gasteiger partial charge in [0.25, 0.3) is 5.91 Å². The van der Waals surface area contributed by atoms with E-state index in [9.17, 15) is 4.79 Å². The van der Waals surface area contributed by atoms with Crippen molar-refractivity contribution in [3.63, 3.8) is 0 Å². The van der Waals surface area contributed by atoms with Gasteiger partial charge in [0.05, 0.1) is 12.4 Å². The third-order valence-corrected chi connectivity index (χ3v) is 3.20. The van der Waals surface area contributed by atoms with Crippen molar-refractivity contribution in [2.45, 2.75) is 27.2 Å². The molecule has 110 valence electrons. The minimum Gasteiger partial charge on any atom is -0.351 e. The molecular formula is C16H20N4O. The van der Waals surface area contributed by atoms with Crippen LogP contribution in [-0.4, -0.2) is 22.4 Å². The molecule has 2 rings (SSSR count). The molecule has 0 bridgehead atoms. The fraction of sp³-hybridized carbons (Fsp3) is 0.312. The standard InChI is InChI=1S/C16H20N4O/c1-4-7-17-16(21)14-9-19-15(10-18-14)20-13-6-5-11(2)12(3)8-13/h5-6,8-10H,4,7H2,1-3H3,(H,17,21)(H,19,20). The quantitative estimate of drug-likeness (QED) is 0.885. The van der Waals surface area contributed by atoms with Crippen LogP contribution >= 0.6 is 0 Å². The maximum absolute atomic E-state index is 11.7. The highest BCUT2D eigenvalue weighted by molar-refractivity contribution is 5.92. The zero-order valence-corrected chi connectivity index (χ0v) is 12.6. The topological polar surface area (TPSA) is 66.9 Å². The van der Waals surface area contributed by atoms with Crippen LogP contribution in [0.15, 0.2) is 30.6 Å². The van der Waals surface area contributed by atoms with E-state index in [0.29, 0.717) is 18.1 Å². The highest BCUT2D eigenvalue weighted by Gasteiger charge is 2.07. The Kier molecular flexibility index (Phi) is 4.87. The van der Waals surface area contributed by atoms with Crippen molar-refractivity contribution in [2.75, 3.05) is 11.9 Å². The van der Waals surface area contributed by atoms with Gasteiger partial charge in [-0.25, -0.2) is 9.97 Å².